The lowest BCUT2D eigenvalue weighted by molar-refractivity contribution is -0.135. The predicted octanol–water partition coefficient (Wildman–Crippen LogP) is 3.06. The molecule has 2 aliphatic rings. The maximum atomic E-state index is 13.6. The summed E-state index contributed by atoms with van der Waals surface area (Å²) in [6, 6.07) is 11.7. The minimum absolute atomic E-state index is 0.000515. The number of nitrogens with two attached hydrogens (primary N) is 1. The van der Waals surface area contributed by atoms with Gasteiger partial charge in [-0.25, -0.2) is 14.6 Å². The van der Waals surface area contributed by atoms with Crippen molar-refractivity contribution in [3.8, 4) is 0 Å². The van der Waals surface area contributed by atoms with Gasteiger partial charge in [0.05, 0.1) is 42.9 Å². The first-order valence-corrected chi connectivity index (χ1v) is 23.0. The van der Waals surface area contributed by atoms with Gasteiger partial charge in [-0.2, -0.15) is 4.98 Å². The summed E-state index contributed by atoms with van der Waals surface area (Å²) in [6.07, 6.45) is 8.52. The van der Waals surface area contributed by atoms with Crippen molar-refractivity contribution in [1.82, 2.24) is 50.0 Å². The number of ketones is 1. The lowest BCUT2D eigenvalue weighted by Gasteiger charge is -2.35. The summed E-state index contributed by atoms with van der Waals surface area (Å²) in [5.74, 6) is -0.241. The van der Waals surface area contributed by atoms with Gasteiger partial charge < -0.3 is 36.4 Å². The molecule has 0 unspecified atom stereocenters. The molecule has 5 aromatic rings. The number of aromatic nitrogens is 7. The zero-order chi connectivity index (χ0) is 46.7. The number of pyridine rings is 2. The first-order valence-electron chi connectivity index (χ1n) is 23.0. The molecule has 352 valence electrons. The minimum Gasteiger partial charge on any atom is -0.382 e. The van der Waals surface area contributed by atoms with Crippen molar-refractivity contribution in [1.29, 1.82) is 0 Å². The SMILES string of the molecule is CC(=O)c1c(C)c2cnc(Nc3ccc(N4CCN(Cc5cn(CCOCCNC(=O)[C@H](CC(C)C)NC(=O)[C@@H](O)[C@H](N)Cc6ccccc6)nn5)CC4)cn3)nc2n(C2CCCC2)c1=O. The molecule has 0 radical (unpaired) electrons. The van der Waals surface area contributed by atoms with Gasteiger partial charge in [0.15, 0.2) is 5.78 Å². The number of hydrogen-bond acceptors (Lipinski definition) is 15. The molecule has 1 aliphatic heterocycles. The molecule has 7 rings (SSSR count). The van der Waals surface area contributed by atoms with E-state index in [0.717, 1.165) is 68.8 Å². The Morgan fingerprint density at radius 3 is 2.42 bits per heavy atom. The van der Waals surface area contributed by atoms with E-state index in [2.05, 4.69) is 46.0 Å². The van der Waals surface area contributed by atoms with Gasteiger partial charge in [-0.15, -0.1) is 5.10 Å². The second kappa shape index (κ2) is 22.4. The van der Waals surface area contributed by atoms with E-state index in [9.17, 15) is 24.3 Å². The van der Waals surface area contributed by atoms with Gasteiger partial charge in [-0.05, 0) is 68.7 Å². The van der Waals surface area contributed by atoms with Gasteiger partial charge in [0.1, 0.15) is 23.6 Å². The number of nitrogens with zero attached hydrogens (tertiary/aromatic N) is 9. The molecule has 0 spiro atoms. The van der Waals surface area contributed by atoms with Crippen molar-refractivity contribution in [2.24, 2.45) is 11.7 Å². The molecule has 3 atom stereocenters. The number of nitrogens with one attached hydrogen (secondary N) is 3. The lowest BCUT2D eigenvalue weighted by atomic mass is 10.00. The van der Waals surface area contributed by atoms with Gasteiger partial charge in [0.25, 0.3) is 11.5 Å². The number of benzene rings is 1. The lowest BCUT2D eigenvalue weighted by Crippen LogP contribution is -2.54. The van der Waals surface area contributed by atoms with Crippen LogP contribution in [0, 0.1) is 12.8 Å². The molecule has 6 N–H and O–H groups in total. The van der Waals surface area contributed by atoms with Crippen molar-refractivity contribution >= 4 is 46.1 Å². The van der Waals surface area contributed by atoms with E-state index in [-0.39, 0.29) is 47.9 Å². The summed E-state index contributed by atoms with van der Waals surface area (Å²) in [5.41, 5.74) is 9.97. The van der Waals surface area contributed by atoms with E-state index >= 15 is 0 Å². The fourth-order valence-electron chi connectivity index (χ4n) is 8.77. The third-order valence-electron chi connectivity index (χ3n) is 12.3. The third kappa shape index (κ3) is 12.2. The molecule has 4 aromatic heterocycles. The summed E-state index contributed by atoms with van der Waals surface area (Å²) < 4.78 is 9.21. The van der Waals surface area contributed by atoms with E-state index in [1.807, 2.05) is 68.7 Å². The number of amides is 2. The Balaban J connectivity index is 0.815. The number of Topliss-reactive ketones (excluding diaryl/α,β-unsaturated/α-hetero) is 1. The van der Waals surface area contributed by atoms with Crippen LogP contribution in [0.5, 0.6) is 0 Å². The molecule has 5 heterocycles. The monoisotopic (exact) mass is 906 g/mol. The van der Waals surface area contributed by atoms with Crippen LogP contribution in [0.1, 0.15) is 86.1 Å². The average molecular weight is 906 g/mol. The van der Waals surface area contributed by atoms with E-state index in [0.29, 0.717) is 60.9 Å². The first kappa shape index (κ1) is 47.8. The van der Waals surface area contributed by atoms with Crippen molar-refractivity contribution < 1.29 is 24.2 Å². The van der Waals surface area contributed by atoms with Gasteiger partial charge in [-0.1, -0.05) is 62.2 Å². The molecule has 66 heavy (non-hydrogen) atoms. The number of aliphatic hydroxyl groups is 1. The Labute approximate surface area is 384 Å². The average Bonchev–Trinajstić information content (AvgIpc) is 4.00. The first-order chi connectivity index (χ1) is 31.8. The molecule has 0 bridgehead atoms. The smallest absolute Gasteiger partial charge is 0.263 e. The van der Waals surface area contributed by atoms with Crippen molar-refractivity contribution in [3.05, 3.63) is 93.8 Å². The molecule has 2 amide bonds. The highest BCUT2D eigenvalue weighted by atomic mass is 16.5. The van der Waals surface area contributed by atoms with Crippen LogP contribution in [-0.4, -0.2) is 126 Å². The summed E-state index contributed by atoms with van der Waals surface area (Å²) in [7, 11) is 0. The molecule has 19 nitrogen and oxygen atoms in total. The van der Waals surface area contributed by atoms with Crippen LogP contribution in [-0.2, 0) is 33.8 Å². The standard InChI is InChI=1S/C47H63N13O6/c1-30(2)24-39(52-45(64)42(62)38(48)25-33-10-6-5-7-11-33)44(63)49-16-22-66-23-21-59-29-34(55-56-59)28-57-17-19-58(20-18-57)36-14-15-40(50-26-36)53-47-51-27-37-31(3)41(32(4)61)46(65)60(43(37)54-47)35-12-8-9-13-35/h5-7,10-11,14-15,26-27,29-30,35,38-39,42,62H,8-9,12-13,16-25,28,48H2,1-4H3,(H,49,63)(H,52,64)(H,50,51,53,54)/t38-,39+,42+/m1/s1. The number of carbonyl (C=O) groups excluding carboxylic acids is 3. The Hall–Kier alpha value is -6.15. The number of anilines is 3. The van der Waals surface area contributed by atoms with Crippen molar-refractivity contribution in [2.75, 3.05) is 56.2 Å². The molecular formula is C47H63N13O6. The zero-order valence-electron chi connectivity index (χ0n) is 38.4. The normalized spacial score (nSPS) is 16.1. The number of rotatable bonds is 21. The highest BCUT2D eigenvalue weighted by molar-refractivity contribution is 5.99. The number of piperazine rings is 1. The molecule has 19 heteroatoms. The van der Waals surface area contributed by atoms with Crippen molar-refractivity contribution in [2.45, 2.75) is 104 Å². The predicted molar refractivity (Wildman–Crippen MR) is 250 cm³/mol. The molecule has 2 fully saturated rings. The van der Waals surface area contributed by atoms with Gasteiger partial charge >= 0.3 is 0 Å². The molecular weight excluding hydrogens is 843 g/mol. The molecule has 1 aliphatic carbocycles. The summed E-state index contributed by atoms with van der Waals surface area (Å²) in [4.78, 5) is 70.5. The topological polar surface area (TPSA) is 241 Å². The Kier molecular flexibility index (Phi) is 16.2. The fourth-order valence-corrected chi connectivity index (χ4v) is 8.77. The van der Waals surface area contributed by atoms with Crippen LogP contribution in [0.25, 0.3) is 11.0 Å². The molecule has 1 saturated heterocycles. The summed E-state index contributed by atoms with van der Waals surface area (Å²) in [6.45, 7) is 12.5. The van der Waals surface area contributed by atoms with Crippen LogP contribution < -0.4 is 32.1 Å². The maximum absolute atomic E-state index is 13.6. The van der Waals surface area contributed by atoms with Crippen LogP contribution in [0.3, 0.4) is 0 Å². The van der Waals surface area contributed by atoms with Crippen LogP contribution in [0.4, 0.5) is 17.5 Å². The number of hydrogen-bond donors (Lipinski definition) is 5. The van der Waals surface area contributed by atoms with Gasteiger partial charge in [0, 0.05) is 69.1 Å². The van der Waals surface area contributed by atoms with Crippen LogP contribution in [0.2, 0.25) is 0 Å². The summed E-state index contributed by atoms with van der Waals surface area (Å²) in [5, 5.41) is 28.7. The van der Waals surface area contributed by atoms with Gasteiger partial charge in [-0.3, -0.25) is 28.6 Å². The van der Waals surface area contributed by atoms with E-state index in [1.165, 1.54) is 6.92 Å². The van der Waals surface area contributed by atoms with E-state index in [4.69, 9.17) is 15.5 Å². The second-order valence-electron chi connectivity index (χ2n) is 17.8. The number of aryl methyl sites for hydroxylation is 1. The fraction of sp³-hybridized carbons (Fsp3) is 0.511. The highest BCUT2D eigenvalue weighted by Crippen LogP contribution is 2.32. The Morgan fingerprint density at radius 2 is 1.73 bits per heavy atom. The zero-order valence-corrected chi connectivity index (χ0v) is 38.4. The summed E-state index contributed by atoms with van der Waals surface area (Å²) >= 11 is 0. The van der Waals surface area contributed by atoms with E-state index < -0.39 is 24.1 Å². The number of fused-ring (bicyclic) bond motifs is 1. The van der Waals surface area contributed by atoms with Crippen molar-refractivity contribution in [3.63, 3.8) is 0 Å². The van der Waals surface area contributed by atoms with Crippen LogP contribution in [0.15, 0.2) is 65.8 Å². The molecule has 1 aromatic carbocycles. The highest BCUT2D eigenvalue weighted by Gasteiger charge is 2.29. The number of carbonyl (C=O) groups is 3. The Bertz CT molecular complexity index is 2480. The number of ether oxygens (including phenoxy) is 1. The quantitative estimate of drug-likeness (QED) is 0.0525. The second-order valence-corrected chi connectivity index (χ2v) is 17.8. The third-order valence-corrected chi connectivity index (χ3v) is 12.3. The minimum atomic E-state index is -1.46. The molecule has 1 saturated carbocycles. The van der Waals surface area contributed by atoms with Crippen LogP contribution >= 0.6 is 0 Å². The van der Waals surface area contributed by atoms with Gasteiger partial charge in [0.2, 0.25) is 11.9 Å². The van der Waals surface area contributed by atoms with E-state index in [1.54, 1.807) is 22.4 Å². The Morgan fingerprint density at radius 1 is 0.970 bits per heavy atom. The largest absolute Gasteiger partial charge is 0.382 e. The maximum Gasteiger partial charge on any atom is 0.263 e. The number of aliphatic hydroxyl groups excluding tert-OH is 1.